The standard InChI is InChI=1S/C13H16FNO2/c14-11-4-2-1-3-10(11)13(17)15-8-7-12(16)9-5-6-9/h1-4,9,12,16H,5-8H2,(H,15,17). The quantitative estimate of drug-likeness (QED) is 0.819. The molecule has 1 saturated carbocycles. The van der Waals surface area contributed by atoms with Crippen LogP contribution in [0.25, 0.3) is 0 Å². The lowest BCUT2D eigenvalue weighted by Crippen LogP contribution is -2.28. The molecule has 1 atom stereocenters. The van der Waals surface area contributed by atoms with Gasteiger partial charge < -0.3 is 10.4 Å². The van der Waals surface area contributed by atoms with Crippen LogP contribution in [0.15, 0.2) is 24.3 Å². The van der Waals surface area contributed by atoms with Gasteiger partial charge in [-0.3, -0.25) is 4.79 Å². The van der Waals surface area contributed by atoms with Gasteiger partial charge in [-0.25, -0.2) is 4.39 Å². The molecule has 1 fully saturated rings. The Labute approximate surface area is 99.7 Å². The Kier molecular flexibility index (Phi) is 3.74. The molecule has 0 aliphatic heterocycles. The van der Waals surface area contributed by atoms with Crippen molar-refractivity contribution in [3.63, 3.8) is 0 Å². The van der Waals surface area contributed by atoms with E-state index in [2.05, 4.69) is 5.32 Å². The Morgan fingerprint density at radius 1 is 1.47 bits per heavy atom. The SMILES string of the molecule is O=C(NCCC(O)C1CC1)c1ccccc1F. The van der Waals surface area contributed by atoms with Crippen LogP contribution in [0.1, 0.15) is 29.6 Å². The lowest BCUT2D eigenvalue weighted by atomic mass is 10.1. The zero-order valence-electron chi connectivity index (χ0n) is 9.53. The molecule has 2 rings (SSSR count). The molecule has 17 heavy (non-hydrogen) atoms. The highest BCUT2D eigenvalue weighted by Crippen LogP contribution is 2.33. The highest BCUT2D eigenvalue weighted by atomic mass is 19.1. The maximum atomic E-state index is 13.3. The fraction of sp³-hybridized carbons (Fsp3) is 0.462. The molecule has 1 amide bonds. The third kappa shape index (κ3) is 3.27. The van der Waals surface area contributed by atoms with E-state index in [0.29, 0.717) is 18.9 Å². The van der Waals surface area contributed by atoms with Gasteiger partial charge in [-0.05, 0) is 37.3 Å². The summed E-state index contributed by atoms with van der Waals surface area (Å²) >= 11 is 0. The van der Waals surface area contributed by atoms with E-state index in [1.807, 2.05) is 0 Å². The molecule has 0 radical (unpaired) electrons. The molecule has 92 valence electrons. The molecule has 2 N–H and O–H groups in total. The number of carbonyl (C=O) groups is 1. The Bertz CT molecular complexity index is 404. The molecule has 3 nitrogen and oxygen atoms in total. The lowest BCUT2D eigenvalue weighted by molar-refractivity contribution is 0.0933. The third-order valence-electron chi connectivity index (χ3n) is 3.01. The number of hydrogen-bond donors (Lipinski definition) is 2. The third-order valence-corrected chi connectivity index (χ3v) is 3.01. The summed E-state index contributed by atoms with van der Waals surface area (Å²) in [5, 5.41) is 12.2. The van der Waals surface area contributed by atoms with Gasteiger partial charge in [0.05, 0.1) is 11.7 Å². The van der Waals surface area contributed by atoms with E-state index in [9.17, 15) is 14.3 Å². The first-order valence-corrected chi connectivity index (χ1v) is 5.89. The summed E-state index contributed by atoms with van der Waals surface area (Å²) in [6.07, 6.45) is 2.34. The second kappa shape index (κ2) is 5.27. The van der Waals surface area contributed by atoms with Crippen molar-refractivity contribution >= 4 is 5.91 Å². The minimum absolute atomic E-state index is 0.0495. The maximum absolute atomic E-state index is 13.3. The van der Waals surface area contributed by atoms with E-state index in [4.69, 9.17) is 0 Å². The van der Waals surface area contributed by atoms with Crippen molar-refractivity contribution in [2.75, 3.05) is 6.54 Å². The summed E-state index contributed by atoms with van der Waals surface area (Å²) in [4.78, 5) is 11.6. The monoisotopic (exact) mass is 237 g/mol. The van der Waals surface area contributed by atoms with Crippen LogP contribution in [0.5, 0.6) is 0 Å². The maximum Gasteiger partial charge on any atom is 0.254 e. The van der Waals surface area contributed by atoms with E-state index in [1.165, 1.54) is 12.1 Å². The zero-order valence-corrected chi connectivity index (χ0v) is 9.53. The van der Waals surface area contributed by atoms with Crippen molar-refractivity contribution in [2.24, 2.45) is 5.92 Å². The second-order valence-corrected chi connectivity index (χ2v) is 4.43. The van der Waals surface area contributed by atoms with E-state index in [-0.39, 0.29) is 11.7 Å². The number of hydrogen-bond acceptors (Lipinski definition) is 2. The zero-order chi connectivity index (χ0) is 12.3. The molecule has 4 heteroatoms. The van der Waals surface area contributed by atoms with E-state index < -0.39 is 11.7 Å². The molecule has 1 aliphatic carbocycles. The molecule has 0 heterocycles. The van der Waals surface area contributed by atoms with Crippen LogP contribution < -0.4 is 5.32 Å². The molecular formula is C13H16FNO2. The van der Waals surface area contributed by atoms with Crippen LogP contribution in [0.2, 0.25) is 0 Å². The number of amides is 1. The molecule has 1 aromatic carbocycles. The molecule has 0 saturated heterocycles. The topological polar surface area (TPSA) is 49.3 Å². The van der Waals surface area contributed by atoms with Crippen LogP contribution in [0.4, 0.5) is 4.39 Å². The van der Waals surface area contributed by atoms with Crippen molar-refractivity contribution in [1.82, 2.24) is 5.32 Å². The molecular weight excluding hydrogens is 221 g/mol. The summed E-state index contributed by atoms with van der Waals surface area (Å²) in [7, 11) is 0. The first kappa shape index (κ1) is 12.0. The Morgan fingerprint density at radius 3 is 2.82 bits per heavy atom. The number of halogens is 1. The fourth-order valence-corrected chi connectivity index (χ4v) is 1.79. The molecule has 0 bridgehead atoms. The Balaban J connectivity index is 1.79. The first-order valence-electron chi connectivity index (χ1n) is 5.89. The number of carbonyl (C=O) groups excluding carboxylic acids is 1. The van der Waals surface area contributed by atoms with Crippen molar-refractivity contribution in [3.05, 3.63) is 35.6 Å². The Morgan fingerprint density at radius 2 is 2.18 bits per heavy atom. The molecule has 0 aromatic heterocycles. The molecule has 1 aromatic rings. The highest BCUT2D eigenvalue weighted by molar-refractivity contribution is 5.94. The van der Waals surface area contributed by atoms with E-state index in [0.717, 1.165) is 12.8 Å². The van der Waals surface area contributed by atoms with Gasteiger partial charge in [0, 0.05) is 6.54 Å². The summed E-state index contributed by atoms with van der Waals surface area (Å²) in [6, 6.07) is 5.87. The number of aliphatic hydroxyl groups excluding tert-OH is 1. The fourth-order valence-electron chi connectivity index (χ4n) is 1.79. The minimum atomic E-state index is -0.521. The number of nitrogens with one attached hydrogen (secondary N) is 1. The van der Waals surface area contributed by atoms with Crippen molar-refractivity contribution in [2.45, 2.75) is 25.4 Å². The Hall–Kier alpha value is -1.42. The lowest BCUT2D eigenvalue weighted by Gasteiger charge is -2.10. The van der Waals surface area contributed by atoms with Crippen LogP contribution in [-0.4, -0.2) is 23.7 Å². The van der Waals surface area contributed by atoms with Gasteiger partial charge in [0.2, 0.25) is 0 Å². The van der Waals surface area contributed by atoms with Gasteiger partial charge in [-0.1, -0.05) is 12.1 Å². The van der Waals surface area contributed by atoms with Crippen molar-refractivity contribution in [1.29, 1.82) is 0 Å². The van der Waals surface area contributed by atoms with Gasteiger partial charge in [0.1, 0.15) is 5.82 Å². The van der Waals surface area contributed by atoms with Crippen LogP contribution in [0, 0.1) is 11.7 Å². The normalized spacial score (nSPS) is 16.6. The molecule has 1 aliphatic rings. The summed E-state index contributed by atoms with van der Waals surface area (Å²) < 4.78 is 13.3. The van der Waals surface area contributed by atoms with Gasteiger partial charge >= 0.3 is 0 Å². The number of rotatable bonds is 5. The van der Waals surface area contributed by atoms with Crippen LogP contribution in [-0.2, 0) is 0 Å². The second-order valence-electron chi connectivity index (χ2n) is 4.43. The van der Waals surface area contributed by atoms with Gasteiger partial charge in [0.15, 0.2) is 0 Å². The number of benzene rings is 1. The first-order chi connectivity index (χ1) is 8.18. The summed E-state index contributed by atoms with van der Waals surface area (Å²) in [5.41, 5.74) is 0.0495. The molecule has 0 spiro atoms. The van der Waals surface area contributed by atoms with Crippen molar-refractivity contribution < 1.29 is 14.3 Å². The average Bonchev–Trinajstić information content (AvgIpc) is 3.13. The highest BCUT2D eigenvalue weighted by Gasteiger charge is 2.29. The minimum Gasteiger partial charge on any atom is -0.393 e. The van der Waals surface area contributed by atoms with Gasteiger partial charge in [-0.15, -0.1) is 0 Å². The summed E-state index contributed by atoms with van der Waals surface area (Å²) in [6.45, 7) is 0.380. The molecule has 1 unspecified atom stereocenters. The van der Waals surface area contributed by atoms with Crippen molar-refractivity contribution in [3.8, 4) is 0 Å². The smallest absolute Gasteiger partial charge is 0.254 e. The van der Waals surface area contributed by atoms with Gasteiger partial charge in [0.25, 0.3) is 5.91 Å². The van der Waals surface area contributed by atoms with Crippen LogP contribution in [0.3, 0.4) is 0 Å². The number of aliphatic hydroxyl groups is 1. The predicted octanol–water partition coefficient (Wildman–Crippen LogP) is 1.72. The largest absolute Gasteiger partial charge is 0.393 e. The van der Waals surface area contributed by atoms with E-state index >= 15 is 0 Å². The summed E-state index contributed by atoms with van der Waals surface area (Å²) in [5.74, 6) is -0.542. The predicted molar refractivity (Wildman–Crippen MR) is 62.1 cm³/mol. The van der Waals surface area contributed by atoms with E-state index in [1.54, 1.807) is 12.1 Å². The average molecular weight is 237 g/mol. The van der Waals surface area contributed by atoms with Crippen LogP contribution >= 0.6 is 0 Å². The van der Waals surface area contributed by atoms with Gasteiger partial charge in [-0.2, -0.15) is 0 Å².